The van der Waals surface area contributed by atoms with Gasteiger partial charge in [0.05, 0.1) is 0 Å². The summed E-state index contributed by atoms with van der Waals surface area (Å²) in [5, 5.41) is 0. The van der Waals surface area contributed by atoms with Crippen molar-refractivity contribution in [3.8, 4) is 0 Å². The topological polar surface area (TPSA) is 34.1 Å². The third kappa shape index (κ3) is 6.00. The van der Waals surface area contributed by atoms with Gasteiger partial charge in [0.15, 0.2) is 11.6 Å². The zero-order chi connectivity index (χ0) is 5.15. The van der Waals surface area contributed by atoms with E-state index in [1.165, 1.54) is 13.8 Å². The third-order valence-electron chi connectivity index (χ3n) is 0.496. The molecule has 0 saturated heterocycles. The predicted molar refractivity (Wildman–Crippen MR) is 21.4 cm³/mol. The summed E-state index contributed by atoms with van der Waals surface area (Å²) in [6.45, 7) is 2.50. The van der Waals surface area contributed by atoms with Gasteiger partial charge in [0, 0.05) is 34.3 Å². The van der Waals surface area contributed by atoms with E-state index in [1.54, 1.807) is 0 Å². The zero-order valence-electron chi connectivity index (χ0n) is 4.13. The number of carbonyl (C=O) groups is 2. The first-order chi connectivity index (χ1) is 2.64. The number of hydrogen-bond acceptors (Lipinski definition) is 2. The van der Waals surface area contributed by atoms with Crippen molar-refractivity contribution in [3.05, 3.63) is 0 Å². The van der Waals surface area contributed by atoms with Crippen molar-refractivity contribution in [2.45, 2.75) is 13.8 Å². The normalized spacial score (nSPS) is 6.57. The minimum absolute atomic E-state index is 0. The molecule has 0 saturated carbocycles. The van der Waals surface area contributed by atoms with Gasteiger partial charge in [-0.3, -0.25) is 9.59 Å². The number of ketones is 2. The van der Waals surface area contributed by atoms with Crippen LogP contribution in [0.5, 0.6) is 0 Å². The summed E-state index contributed by atoms with van der Waals surface area (Å²) in [5.41, 5.74) is 0. The Morgan fingerprint density at radius 3 is 1.14 bits per heavy atom. The van der Waals surface area contributed by atoms with E-state index in [-0.39, 0.29) is 32.0 Å². The summed E-state index contributed by atoms with van der Waals surface area (Å²) in [5.74, 6) is -0.759. The molecule has 0 bridgehead atoms. The molecule has 0 aliphatic rings. The maximum atomic E-state index is 9.79. The van der Waals surface area contributed by atoms with Crippen molar-refractivity contribution in [2.24, 2.45) is 0 Å². The first-order valence-corrected chi connectivity index (χ1v) is 1.66. The van der Waals surface area contributed by atoms with Crippen molar-refractivity contribution in [3.63, 3.8) is 0 Å². The molecule has 3 heteroatoms. The monoisotopic (exact) mass is 192 g/mol. The van der Waals surface area contributed by atoms with Crippen LogP contribution in [0.3, 0.4) is 0 Å². The van der Waals surface area contributed by atoms with E-state index < -0.39 is 0 Å². The molecule has 0 radical (unpaired) electrons. The van der Waals surface area contributed by atoms with E-state index in [0.717, 1.165) is 0 Å². The Kier molecular flexibility index (Phi) is 6.00. The molecule has 0 unspecified atom stereocenters. The molecule has 0 spiro atoms. The van der Waals surface area contributed by atoms with E-state index in [1.807, 2.05) is 0 Å². The second kappa shape index (κ2) is 4.17. The third-order valence-corrected chi connectivity index (χ3v) is 0.496. The molecule has 0 rings (SSSR count). The standard InChI is InChI=1S/C4H6O2.Pd/c1-3(5)4(2)6;/h1-2H3;. The summed E-state index contributed by atoms with van der Waals surface area (Å²) in [6, 6.07) is 0. The molecule has 0 aromatic rings. The van der Waals surface area contributed by atoms with Gasteiger partial charge >= 0.3 is 0 Å². The number of hydrogen-bond donors (Lipinski definition) is 0. The van der Waals surface area contributed by atoms with Gasteiger partial charge in [-0.05, 0) is 0 Å². The molecule has 0 amide bonds. The van der Waals surface area contributed by atoms with Gasteiger partial charge in [-0.2, -0.15) is 0 Å². The van der Waals surface area contributed by atoms with Crippen LogP contribution in [-0.4, -0.2) is 11.6 Å². The maximum absolute atomic E-state index is 9.79. The Morgan fingerprint density at radius 1 is 1.00 bits per heavy atom. The van der Waals surface area contributed by atoms with Gasteiger partial charge < -0.3 is 0 Å². The first kappa shape index (κ1) is 10.1. The summed E-state index contributed by atoms with van der Waals surface area (Å²) >= 11 is 0. The van der Waals surface area contributed by atoms with Gasteiger partial charge in [0.2, 0.25) is 0 Å². The largest absolute Gasteiger partial charge is 0.291 e. The van der Waals surface area contributed by atoms with Gasteiger partial charge in [-0.15, -0.1) is 0 Å². The van der Waals surface area contributed by atoms with Crippen LogP contribution in [-0.2, 0) is 30.0 Å². The Labute approximate surface area is 55.9 Å². The van der Waals surface area contributed by atoms with Crippen LogP contribution in [0.15, 0.2) is 0 Å². The van der Waals surface area contributed by atoms with Crippen LogP contribution in [0.4, 0.5) is 0 Å². The summed E-state index contributed by atoms with van der Waals surface area (Å²) in [4.78, 5) is 19.6. The molecule has 0 aromatic heterocycles. The fourth-order valence-electron chi connectivity index (χ4n) is 0. The summed E-state index contributed by atoms with van der Waals surface area (Å²) < 4.78 is 0. The summed E-state index contributed by atoms with van der Waals surface area (Å²) in [7, 11) is 0. The minimum atomic E-state index is -0.380. The van der Waals surface area contributed by atoms with Crippen LogP contribution in [0, 0.1) is 0 Å². The fourth-order valence-corrected chi connectivity index (χ4v) is 0. The van der Waals surface area contributed by atoms with E-state index in [0.29, 0.717) is 0 Å². The van der Waals surface area contributed by atoms with E-state index >= 15 is 0 Å². The van der Waals surface area contributed by atoms with Crippen LogP contribution in [0.1, 0.15) is 13.8 Å². The average Bonchev–Trinajstić information content (AvgIpc) is 1.36. The van der Waals surface area contributed by atoms with Crippen molar-refractivity contribution >= 4 is 11.6 Å². The number of carbonyl (C=O) groups excluding carboxylic acids is 2. The Balaban J connectivity index is 0. The molecule has 44 valence electrons. The Hall–Kier alpha value is 0.00234. The second-order valence-corrected chi connectivity index (χ2v) is 1.11. The van der Waals surface area contributed by atoms with E-state index in [2.05, 4.69) is 0 Å². The van der Waals surface area contributed by atoms with Crippen LogP contribution in [0.25, 0.3) is 0 Å². The Morgan fingerprint density at radius 2 is 1.14 bits per heavy atom. The molecule has 0 aliphatic heterocycles. The number of rotatable bonds is 1. The molecular formula is C4H6O2Pd. The first-order valence-electron chi connectivity index (χ1n) is 1.66. The number of Topliss-reactive ketones (excluding diaryl/α,β-unsaturated/α-hetero) is 2. The van der Waals surface area contributed by atoms with Crippen LogP contribution >= 0.6 is 0 Å². The van der Waals surface area contributed by atoms with Gasteiger partial charge in [0.1, 0.15) is 0 Å². The van der Waals surface area contributed by atoms with Crippen molar-refractivity contribution in [1.82, 2.24) is 0 Å². The van der Waals surface area contributed by atoms with E-state index in [4.69, 9.17) is 0 Å². The zero-order valence-corrected chi connectivity index (χ0v) is 5.69. The molecule has 2 nitrogen and oxygen atoms in total. The van der Waals surface area contributed by atoms with Gasteiger partial charge in [-0.25, -0.2) is 0 Å². The maximum Gasteiger partial charge on any atom is 0.195 e. The average molecular weight is 193 g/mol. The van der Waals surface area contributed by atoms with Gasteiger partial charge in [-0.1, -0.05) is 0 Å². The molecule has 0 fully saturated rings. The molecule has 7 heavy (non-hydrogen) atoms. The van der Waals surface area contributed by atoms with Gasteiger partial charge in [0.25, 0.3) is 0 Å². The molecule has 0 aliphatic carbocycles. The molecular weight excluding hydrogens is 186 g/mol. The van der Waals surface area contributed by atoms with E-state index in [9.17, 15) is 9.59 Å². The summed E-state index contributed by atoms with van der Waals surface area (Å²) in [6.07, 6.45) is 0. The molecule has 0 heterocycles. The molecule has 0 atom stereocenters. The molecule has 0 N–H and O–H groups in total. The second-order valence-electron chi connectivity index (χ2n) is 1.11. The van der Waals surface area contributed by atoms with Crippen LogP contribution in [0.2, 0.25) is 0 Å². The molecule has 0 aromatic carbocycles. The Bertz CT molecular complexity index is 75.7. The predicted octanol–water partition coefficient (Wildman–Crippen LogP) is 0.162. The van der Waals surface area contributed by atoms with Crippen molar-refractivity contribution in [1.29, 1.82) is 0 Å². The minimum Gasteiger partial charge on any atom is -0.291 e. The quantitative estimate of drug-likeness (QED) is 0.438. The smallest absolute Gasteiger partial charge is 0.195 e. The van der Waals surface area contributed by atoms with Crippen molar-refractivity contribution < 1.29 is 30.0 Å². The van der Waals surface area contributed by atoms with Crippen LogP contribution < -0.4 is 0 Å². The van der Waals surface area contributed by atoms with Crippen molar-refractivity contribution in [2.75, 3.05) is 0 Å². The SMILES string of the molecule is CC(=O)C(C)=O.[Pd]. The fraction of sp³-hybridized carbons (Fsp3) is 0.500.